The summed E-state index contributed by atoms with van der Waals surface area (Å²) in [7, 11) is 0. The molecular formula is C18H20F3NO3S. The van der Waals surface area contributed by atoms with E-state index in [9.17, 15) is 18.0 Å². The summed E-state index contributed by atoms with van der Waals surface area (Å²) in [6.07, 6.45) is -4.56. The minimum Gasteiger partial charge on any atom is -0.493 e. The van der Waals surface area contributed by atoms with E-state index in [0.29, 0.717) is 10.7 Å². The van der Waals surface area contributed by atoms with Crippen LogP contribution in [0.2, 0.25) is 0 Å². The van der Waals surface area contributed by atoms with E-state index in [0.717, 1.165) is 17.4 Å². The first-order valence-electron chi connectivity index (χ1n) is 8.12. The van der Waals surface area contributed by atoms with E-state index in [1.54, 1.807) is 13.8 Å². The Hall–Kier alpha value is -2.09. The van der Waals surface area contributed by atoms with Gasteiger partial charge in [0.1, 0.15) is 15.6 Å². The van der Waals surface area contributed by atoms with Gasteiger partial charge in [-0.05, 0) is 38.0 Å². The smallest absolute Gasteiger partial charge is 0.419 e. The summed E-state index contributed by atoms with van der Waals surface area (Å²) in [5, 5.41) is 0.325. The molecule has 0 unspecified atom stereocenters. The first-order chi connectivity index (χ1) is 12.1. The number of benzene rings is 1. The molecule has 26 heavy (non-hydrogen) atoms. The van der Waals surface area contributed by atoms with Crippen molar-refractivity contribution >= 4 is 17.3 Å². The minimum absolute atomic E-state index is 0.101. The van der Waals surface area contributed by atoms with Gasteiger partial charge in [0.2, 0.25) is 0 Å². The van der Waals surface area contributed by atoms with Crippen molar-refractivity contribution in [3.8, 4) is 16.3 Å². The van der Waals surface area contributed by atoms with Crippen LogP contribution in [-0.4, -0.2) is 24.2 Å². The van der Waals surface area contributed by atoms with E-state index in [1.807, 2.05) is 13.8 Å². The molecule has 0 aliphatic rings. The summed E-state index contributed by atoms with van der Waals surface area (Å²) >= 11 is 1.01. The molecule has 8 heteroatoms. The maximum absolute atomic E-state index is 13.4. The molecular weight excluding hydrogens is 367 g/mol. The van der Waals surface area contributed by atoms with Crippen LogP contribution >= 0.6 is 11.3 Å². The zero-order chi connectivity index (χ0) is 19.5. The van der Waals surface area contributed by atoms with Crippen molar-refractivity contribution in [2.24, 2.45) is 5.92 Å². The van der Waals surface area contributed by atoms with Crippen molar-refractivity contribution in [3.05, 3.63) is 34.3 Å². The second-order valence-electron chi connectivity index (χ2n) is 6.07. The zero-order valence-corrected chi connectivity index (χ0v) is 15.8. The van der Waals surface area contributed by atoms with E-state index < -0.39 is 17.7 Å². The lowest BCUT2D eigenvalue weighted by atomic mass is 10.1. The Morgan fingerprint density at radius 1 is 1.31 bits per heavy atom. The number of aryl methyl sites for hydroxylation is 1. The summed E-state index contributed by atoms with van der Waals surface area (Å²) < 4.78 is 50.5. The topological polar surface area (TPSA) is 48.4 Å². The van der Waals surface area contributed by atoms with Crippen LogP contribution in [0.1, 0.15) is 41.7 Å². The average Bonchev–Trinajstić information content (AvgIpc) is 2.94. The van der Waals surface area contributed by atoms with Crippen LogP contribution in [0, 0.1) is 12.8 Å². The Labute approximate surface area is 154 Å². The van der Waals surface area contributed by atoms with Gasteiger partial charge in [0.05, 0.1) is 24.5 Å². The predicted octanol–water partition coefficient (Wildman–Crippen LogP) is 5.35. The second-order valence-corrected chi connectivity index (χ2v) is 7.07. The molecule has 0 fully saturated rings. The lowest BCUT2D eigenvalue weighted by Crippen LogP contribution is -2.11. The quantitative estimate of drug-likeness (QED) is 0.627. The third-order valence-electron chi connectivity index (χ3n) is 3.36. The molecule has 0 N–H and O–H groups in total. The van der Waals surface area contributed by atoms with Gasteiger partial charge < -0.3 is 9.47 Å². The lowest BCUT2D eigenvalue weighted by molar-refractivity contribution is -0.139. The Morgan fingerprint density at radius 3 is 2.58 bits per heavy atom. The van der Waals surface area contributed by atoms with Crippen LogP contribution in [-0.2, 0) is 10.9 Å². The summed E-state index contributed by atoms with van der Waals surface area (Å²) in [5.41, 5.74) is -0.156. The molecule has 0 aliphatic carbocycles. The molecule has 0 atom stereocenters. The highest BCUT2D eigenvalue weighted by molar-refractivity contribution is 7.17. The van der Waals surface area contributed by atoms with Crippen LogP contribution in [0.15, 0.2) is 18.2 Å². The van der Waals surface area contributed by atoms with Crippen LogP contribution in [0.4, 0.5) is 13.2 Å². The SMILES string of the molecule is CCOC(=O)c1sc(-c2ccc(OCC(C)C)c(C(F)(F)F)c2)nc1C. The van der Waals surface area contributed by atoms with E-state index in [2.05, 4.69) is 4.98 Å². The number of ether oxygens (including phenoxy) is 2. The zero-order valence-electron chi connectivity index (χ0n) is 14.9. The highest BCUT2D eigenvalue weighted by Gasteiger charge is 2.35. The third kappa shape index (κ3) is 4.75. The Morgan fingerprint density at radius 2 is 2.00 bits per heavy atom. The molecule has 0 radical (unpaired) electrons. The second kappa shape index (κ2) is 8.07. The molecule has 142 valence electrons. The van der Waals surface area contributed by atoms with E-state index in [-0.39, 0.29) is 35.3 Å². The van der Waals surface area contributed by atoms with E-state index >= 15 is 0 Å². The maximum Gasteiger partial charge on any atom is 0.419 e. The number of rotatable bonds is 6. The van der Waals surface area contributed by atoms with Crippen LogP contribution in [0.5, 0.6) is 5.75 Å². The van der Waals surface area contributed by atoms with Crippen LogP contribution in [0.3, 0.4) is 0 Å². The molecule has 0 bridgehead atoms. The molecule has 2 aromatic rings. The fourth-order valence-corrected chi connectivity index (χ4v) is 3.13. The van der Waals surface area contributed by atoms with Gasteiger partial charge in [0.15, 0.2) is 0 Å². The van der Waals surface area contributed by atoms with Crippen molar-refractivity contribution in [2.75, 3.05) is 13.2 Å². The van der Waals surface area contributed by atoms with Crippen molar-refractivity contribution < 1.29 is 27.4 Å². The molecule has 1 heterocycles. The monoisotopic (exact) mass is 387 g/mol. The molecule has 0 saturated heterocycles. The molecule has 0 saturated carbocycles. The molecule has 0 amide bonds. The third-order valence-corrected chi connectivity index (χ3v) is 4.55. The van der Waals surface area contributed by atoms with Gasteiger partial charge in [0, 0.05) is 5.56 Å². The minimum atomic E-state index is -4.56. The number of hydrogen-bond acceptors (Lipinski definition) is 5. The lowest BCUT2D eigenvalue weighted by Gasteiger charge is -2.16. The van der Waals surface area contributed by atoms with Gasteiger partial charge in [-0.1, -0.05) is 13.8 Å². The summed E-state index contributed by atoms with van der Waals surface area (Å²) in [6, 6.07) is 3.81. The summed E-state index contributed by atoms with van der Waals surface area (Å²) in [4.78, 5) is 16.4. The highest BCUT2D eigenvalue weighted by atomic mass is 32.1. The summed E-state index contributed by atoms with van der Waals surface area (Å²) in [5.74, 6) is -0.639. The fourth-order valence-electron chi connectivity index (χ4n) is 2.17. The number of carbonyl (C=O) groups is 1. The van der Waals surface area contributed by atoms with Crippen LogP contribution in [0.25, 0.3) is 10.6 Å². The van der Waals surface area contributed by atoms with Crippen LogP contribution < -0.4 is 4.74 Å². The standard InChI is InChI=1S/C18H20F3NO3S/c1-5-24-17(23)15-11(4)22-16(26-15)12-6-7-14(25-9-10(2)3)13(8-12)18(19,20)21/h6-8,10H,5,9H2,1-4H3. The number of thiazole rings is 1. The predicted molar refractivity (Wildman–Crippen MR) is 93.6 cm³/mol. The number of esters is 1. The highest BCUT2D eigenvalue weighted by Crippen LogP contribution is 2.40. The molecule has 4 nitrogen and oxygen atoms in total. The van der Waals surface area contributed by atoms with Gasteiger partial charge in [-0.15, -0.1) is 11.3 Å². The van der Waals surface area contributed by atoms with Crippen molar-refractivity contribution in [1.29, 1.82) is 0 Å². The molecule has 1 aromatic heterocycles. The number of carbonyl (C=O) groups excluding carboxylic acids is 1. The molecule has 1 aromatic carbocycles. The maximum atomic E-state index is 13.4. The number of aromatic nitrogens is 1. The van der Waals surface area contributed by atoms with Gasteiger partial charge in [-0.25, -0.2) is 9.78 Å². The molecule has 2 rings (SSSR count). The first-order valence-corrected chi connectivity index (χ1v) is 8.94. The van der Waals surface area contributed by atoms with Gasteiger partial charge in [-0.2, -0.15) is 13.2 Å². The Balaban J connectivity index is 2.42. The average molecular weight is 387 g/mol. The van der Waals surface area contributed by atoms with Gasteiger partial charge in [-0.3, -0.25) is 0 Å². The Kier molecular flexibility index (Phi) is 6.28. The largest absolute Gasteiger partial charge is 0.493 e. The summed E-state index contributed by atoms with van der Waals surface area (Å²) in [6.45, 7) is 7.42. The Bertz CT molecular complexity index is 784. The van der Waals surface area contributed by atoms with E-state index in [1.165, 1.54) is 12.1 Å². The van der Waals surface area contributed by atoms with Crippen molar-refractivity contribution in [3.63, 3.8) is 0 Å². The van der Waals surface area contributed by atoms with Crippen molar-refractivity contribution in [1.82, 2.24) is 4.98 Å². The first kappa shape index (κ1) is 20.2. The number of hydrogen-bond donors (Lipinski definition) is 0. The molecule has 0 aliphatic heterocycles. The van der Waals surface area contributed by atoms with Gasteiger partial charge in [0.25, 0.3) is 0 Å². The number of nitrogens with zero attached hydrogens (tertiary/aromatic N) is 1. The number of alkyl halides is 3. The van der Waals surface area contributed by atoms with E-state index in [4.69, 9.17) is 9.47 Å². The number of halogens is 3. The van der Waals surface area contributed by atoms with Gasteiger partial charge >= 0.3 is 12.1 Å². The normalized spacial score (nSPS) is 11.7. The van der Waals surface area contributed by atoms with Crippen molar-refractivity contribution in [2.45, 2.75) is 33.9 Å². The molecule has 0 spiro atoms. The fraction of sp³-hybridized carbons (Fsp3) is 0.444.